The van der Waals surface area contributed by atoms with Crippen molar-refractivity contribution in [3.63, 3.8) is 0 Å². The number of ether oxygens (including phenoxy) is 5. The number of benzene rings is 1. The lowest BCUT2D eigenvalue weighted by atomic mass is 9.72. The van der Waals surface area contributed by atoms with Crippen LogP contribution in [-0.2, 0) is 47.7 Å². The molecular weight excluding hydrogens is 596 g/mol. The maximum Gasteiger partial charge on any atom is 0.338 e. The van der Waals surface area contributed by atoms with E-state index in [0.29, 0.717) is 0 Å². The molecule has 0 spiro atoms. The standard InChI is InChI=1S/C35H44O11/c1-19-15-16-34(8,9)31(40)27(42-22(4)36)17-20(2)29(43-23(5)37)28-30(45-33(41)26-13-11-10-12-14-26)21(3)18-35(28,46-25(7)39)32(19)44-24(6)38/h10-16,19,21,27-30,32H,2,17-18H2,1,3-9H3/b16-15+/t19-,21+,27?,28?,29?,30-,32+,35+/m0/s1. The topological polar surface area (TPSA) is 149 Å². The van der Waals surface area contributed by atoms with Crippen LogP contribution >= 0.6 is 0 Å². The molecule has 2 aliphatic rings. The lowest BCUT2D eigenvalue weighted by Gasteiger charge is -2.46. The number of carbonyl (C=O) groups excluding carboxylic acids is 6. The normalized spacial score (nSPS) is 31.6. The number of ketones is 1. The summed E-state index contributed by atoms with van der Waals surface area (Å²) < 4.78 is 29.6. The van der Waals surface area contributed by atoms with Gasteiger partial charge < -0.3 is 23.7 Å². The first kappa shape index (κ1) is 36.2. The summed E-state index contributed by atoms with van der Waals surface area (Å²) in [6, 6.07) is 8.26. The van der Waals surface area contributed by atoms with Gasteiger partial charge in [0, 0.05) is 45.4 Å². The van der Waals surface area contributed by atoms with Gasteiger partial charge in [0.05, 0.1) is 11.5 Å². The predicted octanol–water partition coefficient (Wildman–Crippen LogP) is 4.71. The molecule has 46 heavy (non-hydrogen) atoms. The fourth-order valence-electron chi connectivity index (χ4n) is 6.67. The zero-order valence-electron chi connectivity index (χ0n) is 27.7. The molecule has 8 atom stereocenters. The Morgan fingerprint density at radius 2 is 1.41 bits per heavy atom. The molecule has 0 amide bonds. The van der Waals surface area contributed by atoms with Crippen LogP contribution in [0.4, 0.5) is 0 Å². The second-order valence-corrected chi connectivity index (χ2v) is 12.8. The summed E-state index contributed by atoms with van der Waals surface area (Å²) in [6.07, 6.45) is -1.83. The van der Waals surface area contributed by atoms with Crippen LogP contribution in [0.15, 0.2) is 54.6 Å². The Bertz CT molecular complexity index is 1390. The summed E-state index contributed by atoms with van der Waals surface area (Å²) in [5, 5.41) is 0. The Kier molecular flexibility index (Phi) is 11.4. The number of carbonyl (C=O) groups is 6. The monoisotopic (exact) mass is 640 g/mol. The molecule has 1 aromatic rings. The highest BCUT2D eigenvalue weighted by atomic mass is 16.6. The molecule has 0 bridgehead atoms. The first-order valence-corrected chi connectivity index (χ1v) is 15.3. The highest BCUT2D eigenvalue weighted by molar-refractivity contribution is 5.92. The van der Waals surface area contributed by atoms with Crippen molar-refractivity contribution >= 4 is 35.6 Å². The maximum atomic E-state index is 13.8. The first-order chi connectivity index (χ1) is 21.4. The average molecular weight is 641 g/mol. The van der Waals surface area contributed by atoms with Gasteiger partial charge in [-0.25, -0.2) is 4.79 Å². The van der Waals surface area contributed by atoms with Crippen LogP contribution in [-0.4, -0.2) is 65.6 Å². The minimum Gasteiger partial charge on any atom is -0.458 e. The molecule has 2 aliphatic carbocycles. The van der Waals surface area contributed by atoms with Crippen LogP contribution in [0.2, 0.25) is 0 Å². The van der Waals surface area contributed by atoms with Gasteiger partial charge >= 0.3 is 29.8 Å². The molecule has 0 radical (unpaired) electrons. The third-order valence-electron chi connectivity index (χ3n) is 8.48. The average Bonchev–Trinajstić information content (AvgIpc) is 3.21. The van der Waals surface area contributed by atoms with Crippen molar-refractivity contribution in [1.82, 2.24) is 0 Å². The molecule has 0 aromatic heterocycles. The Morgan fingerprint density at radius 1 is 0.826 bits per heavy atom. The van der Waals surface area contributed by atoms with Crippen LogP contribution in [0.1, 0.15) is 78.6 Å². The number of hydrogen-bond donors (Lipinski definition) is 0. The number of hydrogen-bond acceptors (Lipinski definition) is 11. The molecule has 250 valence electrons. The number of esters is 5. The van der Waals surface area contributed by atoms with E-state index < -0.39 is 88.8 Å². The molecule has 11 heteroatoms. The largest absolute Gasteiger partial charge is 0.458 e. The van der Waals surface area contributed by atoms with Crippen LogP contribution < -0.4 is 0 Å². The zero-order chi connectivity index (χ0) is 34.6. The Labute approximate surface area is 269 Å². The third-order valence-corrected chi connectivity index (χ3v) is 8.48. The van der Waals surface area contributed by atoms with Gasteiger partial charge in [0.25, 0.3) is 0 Å². The van der Waals surface area contributed by atoms with Crippen LogP contribution in [0.25, 0.3) is 0 Å². The van der Waals surface area contributed by atoms with Crippen LogP contribution in [0.5, 0.6) is 0 Å². The summed E-state index contributed by atoms with van der Waals surface area (Å²) in [4.78, 5) is 77.7. The van der Waals surface area contributed by atoms with Gasteiger partial charge in [-0.1, -0.05) is 50.8 Å². The zero-order valence-corrected chi connectivity index (χ0v) is 27.7. The van der Waals surface area contributed by atoms with E-state index in [1.165, 1.54) is 27.7 Å². The van der Waals surface area contributed by atoms with Crippen molar-refractivity contribution in [3.05, 3.63) is 60.2 Å². The molecule has 3 rings (SSSR count). The maximum absolute atomic E-state index is 13.8. The Hall–Kier alpha value is -4.28. The smallest absolute Gasteiger partial charge is 0.338 e. The van der Waals surface area contributed by atoms with Crippen molar-refractivity contribution in [2.45, 2.75) is 98.2 Å². The summed E-state index contributed by atoms with van der Waals surface area (Å²) in [7, 11) is 0. The molecule has 1 aromatic carbocycles. The minimum atomic E-state index is -1.71. The van der Waals surface area contributed by atoms with Crippen molar-refractivity contribution in [3.8, 4) is 0 Å². The SMILES string of the molecule is C=C1CC(OC(C)=O)C(=O)C(C)(C)/C=C/[C@H](C)[C@@H](OC(C)=O)[C@@]2(OC(C)=O)C[C@@H](C)[C@H](OC(=O)c3ccccc3)C2C1OC(C)=O. The van der Waals surface area contributed by atoms with Gasteiger partial charge in [0.15, 0.2) is 17.5 Å². The predicted molar refractivity (Wildman–Crippen MR) is 165 cm³/mol. The van der Waals surface area contributed by atoms with Crippen molar-refractivity contribution in [2.24, 2.45) is 23.2 Å². The van der Waals surface area contributed by atoms with Gasteiger partial charge in [-0.2, -0.15) is 0 Å². The molecule has 0 N–H and O–H groups in total. The number of allylic oxidation sites excluding steroid dienone is 1. The lowest BCUT2D eigenvalue weighted by molar-refractivity contribution is -0.209. The highest BCUT2D eigenvalue weighted by Crippen LogP contribution is 2.53. The van der Waals surface area contributed by atoms with Gasteiger partial charge in [-0.15, -0.1) is 0 Å². The fourth-order valence-corrected chi connectivity index (χ4v) is 6.67. The molecule has 1 saturated carbocycles. The van der Waals surface area contributed by atoms with Gasteiger partial charge in [0.2, 0.25) is 0 Å². The molecule has 1 fully saturated rings. The Balaban J connectivity index is 2.38. The summed E-state index contributed by atoms with van der Waals surface area (Å²) >= 11 is 0. The molecule has 0 aliphatic heterocycles. The van der Waals surface area contributed by atoms with Crippen molar-refractivity contribution < 1.29 is 52.5 Å². The van der Waals surface area contributed by atoms with Crippen molar-refractivity contribution in [2.75, 3.05) is 0 Å². The van der Waals surface area contributed by atoms with Gasteiger partial charge in [-0.3, -0.25) is 24.0 Å². The second-order valence-electron chi connectivity index (χ2n) is 12.8. The van der Waals surface area contributed by atoms with Gasteiger partial charge in [-0.05, 0) is 43.9 Å². The van der Waals surface area contributed by atoms with E-state index in [4.69, 9.17) is 23.7 Å². The van der Waals surface area contributed by atoms with E-state index >= 15 is 0 Å². The minimum absolute atomic E-state index is 0.0425. The number of rotatable bonds is 6. The summed E-state index contributed by atoms with van der Waals surface area (Å²) in [5.41, 5.74) is -2.49. The summed E-state index contributed by atoms with van der Waals surface area (Å²) in [5.74, 6) is -6.34. The lowest BCUT2D eigenvalue weighted by Crippen LogP contribution is -2.59. The second kappa shape index (κ2) is 14.4. The third kappa shape index (κ3) is 8.10. The number of Topliss-reactive ketones (excluding diaryl/α,β-unsaturated/α-hetero) is 1. The van der Waals surface area contributed by atoms with E-state index in [-0.39, 0.29) is 24.0 Å². The molecule has 0 heterocycles. The number of fused-ring (bicyclic) bond motifs is 1. The molecule has 11 nitrogen and oxygen atoms in total. The van der Waals surface area contributed by atoms with Crippen LogP contribution in [0.3, 0.4) is 0 Å². The Morgan fingerprint density at radius 3 is 1.96 bits per heavy atom. The quantitative estimate of drug-likeness (QED) is 0.242. The fraction of sp³-hybridized carbons (Fsp3) is 0.543. The highest BCUT2D eigenvalue weighted by Gasteiger charge is 2.66. The van der Waals surface area contributed by atoms with E-state index in [1.54, 1.807) is 70.2 Å². The van der Waals surface area contributed by atoms with Crippen LogP contribution in [0, 0.1) is 23.2 Å². The first-order valence-electron chi connectivity index (χ1n) is 15.3. The van der Waals surface area contributed by atoms with E-state index in [1.807, 2.05) is 0 Å². The van der Waals surface area contributed by atoms with Gasteiger partial charge in [0.1, 0.15) is 18.3 Å². The van der Waals surface area contributed by atoms with E-state index in [2.05, 4.69) is 6.58 Å². The van der Waals surface area contributed by atoms with E-state index in [9.17, 15) is 28.8 Å². The van der Waals surface area contributed by atoms with Crippen molar-refractivity contribution in [1.29, 1.82) is 0 Å². The molecular formula is C35H44O11. The molecule has 3 unspecified atom stereocenters. The summed E-state index contributed by atoms with van der Waals surface area (Å²) in [6.45, 7) is 15.7. The molecule has 0 saturated heterocycles. The van der Waals surface area contributed by atoms with E-state index in [0.717, 1.165) is 0 Å².